The average Bonchev–Trinajstić information content (AvgIpc) is 3.14. The molecule has 202 valence electrons. The molecular formula is C29H28Cl2N4O3S. The lowest BCUT2D eigenvalue weighted by Gasteiger charge is -2.24. The number of amides is 1. The van der Waals surface area contributed by atoms with Crippen LogP contribution in [-0.2, 0) is 14.8 Å². The minimum Gasteiger partial charge on any atom is -0.318 e. The van der Waals surface area contributed by atoms with Gasteiger partial charge in [-0.25, -0.2) is 13.8 Å². The van der Waals surface area contributed by atoms with Gasteiger partial charge in [-0.15, -0.1) is 0 Å². The topological polar surface area (TPSA) is 83.8 Å². The zero-order valence-corrected chi connectivity index (χ0v) is 24.3. The molecule has 0 atom stereocenters. The van der Waals surface area contributed by atoms with E-state index < -0.39 is 22.5 Å². The van der Waals surface area contributed by atoms with Crippen LogP contribution in [0, 0.1) is 27.7 Å². The third-order valence-corrected chi connectivity index (χ3v) is 8.31. The summed E-state index contributed by atoms with van der Waals surface area (Å²) in [5.74, 6) is -0.634. The molecule has 4 rings (SSSR count). The number of anilines is 1. The predicted molar refractivity (Wildman–Crippen MR) is 158 cm³/mol. The highest BCUT2D eigenvalue weighted by atomic mass is 35.5. The lowest BCUT2D eigenvalue weighted by atomic mass is 10.1. The van der Waals surface area contributed by atoms with E-state index in [1.807, 2.05) is 19.9 Å². The molecule has 0 saturated carbocycles. The fraction of sp³-hybridized carbons (Fsp3) is 0.172. The number of hydrazone groups is 1. The van der Waals surface area contributed by atoms with Crippen LogP contribution in [0.2, 0.25) is 10.0 Å². The van der Waals surface area contributed by atoms with Gasteiger partial charge in [-0.05, 0) is 87.4 Å². The molecule has 3 aromatic carbocycles. The molecule has 0 aliphatic carbocycles. The van der Waals surface area contributed by atoms with Crippen molar-refractivity contribution in [3.63, 3.8) is 0 Å². The Kier molecular flexibility index (Phi) is 8.49. The van der Waals surface area contributed by atoms with Gasteiger partial charge in [0.15, 0.2) is 0 Å². The largest absolute Gasteiger partial charge is 0.318 e. The second-order valence-electron chi connectivity index (χ2n) is 9.25. The molecule has 4 aromatic rings. The second kappa shape index (κ2) is 11.7. The van der Waals surface area contributed by atoms with Gasteiger partial charge in [-0.3, -0.25) is 9.10 Å². The van der Waals surface area contributed by atoms with Gasteiger partial charge in [0, 0.05) is 32.7 Å². The van der Waals surface area contributed by atoms with E-state index in [0.717, 1.165) is 38.1 Å². The maximum atomic E-state index is 13.5. The maximum Gasteiger partial charge on any atom is 0.264 e. The molecule has 0 spiro atoms. The SMILES string of the molecule is Cc1cc(C)cc(-n2c(C)cc(/C=N\NC(=O)CN(c3cc(Cl)cc(Cl)c3)S(=O)(=O)c3ccccc3)c2C)c1. The van der Waals surface area contributed by atoms with Crippen molar-refractivity contribution in [2.45, 2.75) is 32.6 Å². The standard InChI is InChI=1S/C29H28Cl2N4O3S/c1-19-10-20(2)12-27(11-19)35-21(3)13-23(22(35)4)17-32-33-29(36)18-34(26-15-24(30)14-25(31)16-26)39(37,38)28-8-6-5-7-9-28/h5-17H,18H2,1-4H3,(H,33,36)/b32-17-. The number of sulfonamides is 1. The first-order valence-corrected chi connectivity index (χ1v) is 14.3. The van der Waals surface area contributed by atoms with E-state index in [-0.39, 0.29) is 20.6 Å². The van der Waals surface area contributed by atoms with Crippen LogP contribution in [0.5, 0.6) is 0 Å². The Hall–Kier alpha value is -3.59. The van der Waals surface area contributed by atoms with Crippen LogP contribution in [-0.4, -0.2) is 31.7 Å². The van der Waals surface area contributed by atoms with Crippen LogP contribution in [0.25, 0.3) is 5.69 Å². The Labute approximate surface area is 238 Å². The van der Waals surface area contributed by atoms with E-state index in [1.54, 1.807) is 24.4 Å². The van der Waals surface area contributed by atoms with Crippen molar-refractivity contribution < 1.29 is 13.2 Å². The minimum absolute atomic E-state index is 0.0243. The highest BCUT2D eigenvalue weighted by molar-refractivity contribution is 7.92. The molecule has 0 unspecified atom stereocenters. The molecule has 0 aliphatic heterocycles. The first-order chi connectivity index (χ1) is 18.5. The lowest BCUT2D eigenvalue weighted by Crippen LogP contribution is -2.39. The number of benzene rings is 3. The molecule has 0 aliphatic rings. The van der Waals surface area contributed by atoms with Crippen molar-refractivity contribution >= 4 is 51.0 Å². The molecule has 39 heavy (non-hydrogen) atoms. The number of rotatable bonds is 8. The summed E-state index contributed by atoms with van der Waals surface area (Å²) in [4.78, 5) is 12.9. The quantitative estimate of drug-likeness (QED) is 0.194. The van der Waals surface area contributed by atoms with Crippen LogP contribution >= 0.6 is 23.2 Å². The number of halogens is 2. The summed E-state index contributed by atoms with van der Waals surface area (Å²) in [6, 6.07) is 20.5. The number of hydrogen-bond acceptors (Lipinski definition) is 4. The van der Waals surface area contributed by atoms with Crippen LogP contribution in [0.3, 0.4) is 0 Å². The number of carbonyl (C=O) groups is 1. The monoisotopic (exact) mass is 582 g/mol. The van der Waals surface area contributed by atoms with Gasteiger partial charge in [0.05, 0.1) is 16.8 Å². The fourth-order valence-electron chi connectivity index (χ4n) is 4.45. The van der Waals surface area contributed by atoms with E-state index >= 15 is 0 Å². The van der Waals surface area contributed by atoms with Gasteiger partial charge in [0.25, 0.3) is 15.9 Å². The summed E-state index contributed by atoms with van der Waals surface area (Å²) in [7, 11) is -4.11. The van der Waals surface area contributed by atoms with E-state index in [1.165, 1.54) is 30.3 Å². The smallest absolute Gasteiger partial charge is 0.264 e. The van der Waals surface area contributed by atoms with E-state index in [0.29, 0.717) is 0 Å². The van der Waals surface area contributed by atoms with Crippen LogP contribution in [0.4, 0.5) is 5.69 Å². The van der Waals surface area contributed by atoms with Gasteiger partial charge < -0.3 is 4.57 Å². The van der Waals surface area contributed by atoms with Gasteiger partial charge in [-0.1, -0.05) is 47.5 Å². The molecule has 0 radical (unpaired) electrons. The zero-order chi connectivity index (χ0) is 28.3. The minimum atomic E-state index is -4.11. The van der Waals surface area contributed by atoms with Gasteiger partial charge in [0.2, 0.25) is 0 Å². The summed E-state index contributed by atoms with van der Waals surface area (Å²) >= 11 is 12.3. The summed E-state index contributed by atoms with van der Waals surface area (Å²) in [5.41, 5.74) is 8.78. The van der Waals surface area contributed by atoms with Gasteiger partial charge in [0.1, 0.15) is 6.54 Å². The second-order valence-corrected chi connectivity index (χ2v) is 12.0. The molecule has 1 aromatic heterocycles. The molecule has 1 N–H and O–H groups in total. The Morgan fingerprint density at radius 1 is 0.923 bits per heavy atom. The van der Waals surface area contributed by atoms with Crippen molar-refractivity contribution in [2.24, 2.45) is 5.10 Å². The molecule has 10 heteroatoms. The predicted octanol–water partition coefficient (Wildman–Crippen LogP) is 6.36. The first kappa shape index (κ1) is 28.4. The van der Waals surface area contributed by atoms with Crippen LogP contribution in [0.15, 0.2) is 82.8 Å². The number of carbonyl (C=O) groups excluding carboxylic acids is 1. The Morgan fingerprint density at radius 3 is 2.15 bits per heavy atom. The summed E-state index contributed by atoms with van der Waals surface area (Å²) < 4.78 is 30.0. The fourth-order valence-corrected chi connectivity index (χ4v) is 6.39. The Morgan fingerprint density at radius 2 is 1.54 bits per heavy atom. The van der Waals surface area contributed by atoms with E-state index in [9.17, 15) is 13.2 Å². The Bertz CT molecular complexity index is 1630. The van der Waals surface area contributed by atoms with Crippen LogP contribution in [0.1, 0.15) is 28.1 Å². The van der Waals surface area contributed by atoms with Gasteiger partial charge >= 0.3 is 0 Å². The Balaban J connectivity index is 1.58. The van der Waals surface area contributed by atoms with Crippen molar-refractivity contribution in [3.8, 4) is 5.69 Å². The summed E-state index contributed by atoms with van der Waals surface area (Å²) in [6.45, 7) is 7.56. The van der Waals surface area contributed by atoms with Crippen molar-refractivity contribution in [1.29, 1.82) is 0 Å². The van der Waals surface area contributed by atoms with E-state index in [2.05, 4.69) is 47.1 Å². The van der Waals surface area contributed by atoms with Crippen molar-refractivity contribution in [3.05, 3.63) is 111 Å². The molecule has 0 saturated heterocycles. The molecule has 1 amide bonds. The summed E-state index contributed by atoms with van der Waals surface area (Å²) in [5, 5.41) is 4.59. The normalized spacial score (nSPS) is 11.6. The zero-order valence-electron chi connectivity index (χ0n) is 21.9. The highest BCUT2D eigenvalue weighted by Crippen LogP contribution is 2.29. The molecule has 0 bridgehead atoms. The average molecular weight is 584 g/mol. The lowest BCUT2D eigenvalue weighted by molar-refractivity contribution is -0.119. The number of aryl methyl sites for hydroxylation is 3. The first-order valence-electron chi connectivity index (χ1n) is 12.1. The van der Waals surface area contributed by atoms with Gasteiger partial charge in [-0.2, -0.15) is 5.10 Å². The third-order valence-electron chi connectivity index (χ3n) is 6.08. The maximum absolute atomic E-state index is 13.5. The van der Waals surface area contributed by atoms with Crippen molar-refractivity contribution in [2.75, 3.05) is 10.8 Å². The van der Waals surface area contributed by atoms with E-state index in [4.69, 9.17) is 23.2 Å². The van der Waals surface area contributed by atoms with Crippen molar-refractivity contribution in [1.82, 2.24) is 9.99 Å². The molecule has 1 heterocycles. The van der Waals surface area contributed by atoms with Crippen LogP contribution < -0.4 is 9.73 Å². The molecule has 0 fully saturated rings. The molecular weight excluding hydrogens is 555 g/mol. The number of aromatic nitrogens is 1. The molecule has 7 nitrogen and oxygen atoms in total. The third kappa shape index (κ3) is 6.53. The number of hydrogen-bond donors (Lipinski definition) is 1. The highest BCUT2D eigenvalue weighted by Gasteiger charge is 2.27. The summed E-state index contributed by atoms with van der Waals surface area (Å²) in [6.07, 6.45) is 1.55. The number of nitrogens with zero attached hydrogens (tertiary/aromatic N) is 3. The number of nitrogens with one attached hydrogen (secondary N) is 1.